The van der Waals surface area contributed by atoms with E-state index in [1.54, 1.807) is 0 Å². The van der Waals surface area contributed by atoms with E-state index < -0.39 is 30.2 Å². The van der Waals surface area contributed by atoms with Crippen LogP contribution in [-0.2, 0) is 9.53 Å². The summed E-state index contributed by atoms with van der Waals surface area (Å²) in [6, 6.07) is 3.72. The van der Waals surface area contributed by atoms with Crippen LogP contribution in [0.4, 0.5) is 10.5 Å². The van der Waals surface area contributed by atoms with Gasteiger partial charge in [-0.15, -0.1) is 0 Å². The number of urea groups is 1. The molecule has 1 aliphatic carbocycles. The monoisotopic (exact) mass is 482 g/mol. The standard InChI is InChI=1S/C22H31ClN4O6/c1-33-13-16(28)12-26-19(29)11-24-27(22(26)32)15-8-9-18(23)17(10-15)21(31)25-20(30)14-6-4-2-3-5-7-14/h8-10,14,16,20,24,28,30H,2-7,11-13H2,1H3,(H,25,31). The summed E-state index contributed by atoms with van der Waals surface area (Å²) >= 11 is 6.24. The normalized spacial score (nSPS) is 19.9. The van der Waals surface area contributed by atoms with Crippen LogP contribution < -0.4 is 15.8 Å². The Kier molecular flexibility index (Phi) is 9.04. The van der Waals surface area contributed by atoms with E-state index in [1.807, 2.05) is 0 Å². The first-order chi connectivity index (χ1) is 15.8. The molecule has 2 aliphatic rings. The van der Waals surface area contributed by atoms with E-state index in [2.05, 4.69) is 10.7 Å². The summed E-state index contributed by atoms with van der Waals surface area (Å²) in [4.78, 5) is 38.9. The molecule has 182 valence electrons. The number of hydrogen-bond donors (Lipinski definition) is 4. The van der Waals surface area contributed by atoms with Crippen molar-refractivity contribution in [2.24, 2.45) is 5.92 Å². The van der Waals surface area contributed by atoms with Gasteiger partial charge >= 0.3 is 6.03 Å². The van der Waals surface area contributed by atoms with Crippen LogP contribution in [0.25, 0.3) is 0 Å². The zero-order valence-electron chi connectivity index (χ0n) is 18.6. The minimum Gasteiger partial charge on any atom is -0.389 e. The van der Waals surface area contributed by atoms with Crippen LogP contribution in [0.3, 0.4) is 0 Å². The number of carbonyl (C=O) groups excluding carboxylic acids is 3. The van der Waals surface area contributed by atoms with Crippen LogP contribution in [0.5, 0.6) is 0 Å². The summed E-state index contributed by atoms with van der Waals surface area (Å²) in [5.41, 5.74) is 3.10. The Morgan fingerprint density at radius 2 is 1.94 bits per heavy atom. The maximum Gasteiger partial charge on any atom is 0.345 e. The topological polar surface area (TPSA) is 131 Å². The highest BCUT2D eigenvalue weighted by atomic mass is 35.5. The number of aliphatic hydroxyl groups excluding tert-OH is 2. The van der Waals surface area contributed by atoms with E-state index in [-0.39, 0.29) is 41.9 Å². The molecular weight excluding hydrogens is 452 g/mol. The van der Waals surface area contributed by atoms with Crippen molar-refractivity contribution in [2.45, 2.75) is 50.9 Å². The molecule has 1 aromatic rings. The molecule has 2 fully saturated rings. The fourth-order valence-electron chi connectivity index (χ4n) is 4.16. The largest absolute Gasteiger partial charge is 0.389 e. The highest BCUT2D eigenvalue weighted by Gasteiger charge is 2.34. The first-order valence-corrected chi connectivity index (χ1v) is 11.5. The van der Waals surface area contributed by atoms with Crippen LogP contribution in [-0.4, -0.2) is 72.1 Å². The van der Waals surface area contributed by atoms with E-state index in [0.717, 1.165) is 48.4 Å². The van der Waals surface area contributed by atoms with E-state index in [0.29, 0.717) is 0 Å². The Morgan fingerprint density at radius 1 is 1.24 bits per heavy atom. The SMILES string of the molecule is COCC(O)CN1C(=O)CNN(c2ccc(Cl)c(C(=O)NC(O)C3CCCCCC3)c2)C1=O. The lowest BCUT2D eigenvalue weighted by molar-refractivity contribution is -0.129. The minimum absolute atomic E-state index is 0.0122. The van der Waals surface area contributed by atoms with Crippen LogP contribution >= 0.6 is 11.6 Å². The first-order valence-electron chi connectivity index (χ1n) is 11.1. The summed E-state index contributed by atoms with van der Waals surface area (Å²) in [6.45, 7) is -0.423. The minimum atomic E-state index is -1.03. The lowest BCUT2D eigenvalue weighted by atomic mass is 9.98. The molecule has 1 saturated carbocycles. The van der Waals surface area contributed by atoms with E-state index in [9.17, 15) is 24.6 Å². The van der Waals surface area contributed by atoms with Crippen molar-refractivity contribution in [2.75, 3.05) is 31.8 Å². The van der Waals surface area contributed by atoms with Crippen molar-refractivity contribution in [1.29, 1.82) is 0 Å². The second-order valence-corrected chi connectivity index (χ2v) is 8.81. The summed E-state index contributed by atoms with van der Waals surface area (Å²) in [5, 5.41) is 24.4. The Labute approximate surface area is 197 Å². The molecule has 0 aromatic heterocycles. The lowest BCUT2D eigenvalue weighted by Crippen LogP contribution is -2.62. The molecule has 4 N–H and O–H groups in total. The molecule has 1 aromatic carbocycles. The van der Waals surface area contributed by atoms with Crippen molar-refractivity contribution < 1.29 is 29.3 Å². The highest BCUT2D eigenvalue weighted by Crippen LogP contribution is 2.27. The van der Waals surface area contributed by atoms with E-state index >= 15 is 0 Å². The molecule has 1 heterocycles. The molecule has 10 nitrogen and oxygen atoms in total. The number of hydrazine groups is 1. The van der Waals surface area contributed by atoms with E-state index in [4.69, 9.17) is 16.3 Å². The molecule has 2 unspecified atom stereocenters. The van der Waals surface area contributed by atoms with Crippen molar-refractivity contribution in [3.05, 3.63) is 28.8 Å². The first kappa shape index (κ1) is 25.4. The number of ether oxygens (including phenoxy) is 1. The number of β-amino-alcohol motifs (C(OH)–C–C–N with tert-alkyl or cyclic N) is 1. The van der Waals surface area contributed by atoms with Gasteiger partial charge in [0.25, 0.3) is 5.91 Å². The maximum absolute atomic E-state index is 12.9. The average molecular weight is 483 g/mol. The smallest absolute Gasteiger partial charge is 0.345 e. The number of methoxy groups -OCH3 is 1. The Morgan fingerprint density at radius 3 is 2.61 bits per heavy atom. The Balaban J connectivity index is 1.73. The van der Waals surface area contributed by atoms with Gasteiger partial charge in [-0.05, 0) is 31.0 Å². The Bertz CT molecular complexity index is 861. The average Bonchev–Trinajstić information content (AvgIpc) is 3.07. The third-order valence-electron chi connectivity index (χ3n) is 5.94. The number of amides is 4. The van der Waals surface area contributed by atoms with Gasteiger partial charge < -0.3 is 20.3 Å². The van der Waals surface area contributed by atoms with Gasteiger partial charge in [-0.2, -0.15) is 0 Å². The number of rotatable bonds is 8. The van der Waals surface area contributed by atoms with Crippen molar-refractivity contribution in [3.63, 3.8) is 0 Å². The van der Waals surface area contributed by atoms with Gasteiger partial charge in [0.05, 0.1) is 42.1 Å². The van der Waals surface area contributed by atoms with Gasteiger partial charge in [0.2, 0.25) is 5.91 Å². The molecule has 0 bridgehead atoms. The Hall–Kier alpha value is -2.24. The van der Waals surface area contributed by atoms with Gasteiger partial charge in [-0.25, -0.2) is 15.2 Å². The molecule has 33 heavy (non-hydrogen) atoms. The molecular formula is C22H31ClN4O6. The maximum atomic E-state index is 12.9. The number of hydrogen-bond acceptors (Lipinski definition) is 7. The van der Waals surface area contributed by atoms with Crippen molar-refractivity contribution in [1.82, 2.24) is 15.6 Å². The van der Waals surface area contributed by atoms with Gasteiger partial charge in [0.15, 0.2) is 0 Å². The number of carbonyl (C=O) groups is 3. The second kappa shape index (κ2) is 11.8. The lowest BCUT2D eigenvalue weighted by Gasteiger charge is -2.35. The molecule has 1 saturated heterocycles. The van der Waals surface area contributed by atoms with Gasteiger partial charge in [0, 0.05) is 13.0 Å². The zero-order valence-corrected chi connectivity index (χ0v) is 19.4. The summed E-state index contributed by atoms with van der Waals surface area (Å²) in [6.07, 6.45) is 3.98. The van der Waals surface area contributed by atoms with Gasteiger partial charge in [-0.3, -0.25) is 14.5 Å². The predicted molar refractivity (Wildman–Crippen MR) is 122 cm³/mol. The quantitative estimate of drug-likeness (QED) is 0.327. The van der Waals surface area contributed by atoms with Crippen LogP contribution in [0.1, 0.15) is 48.9 Å². The third kappa shape index (κ3) is 6.42. The molecule has 4 amide bonds. The predicted octanol–water partition coefficient (Wildman–Crippen LogP) is 1.64. The number of nitrogens with zero attached hydrogens (tertiary/aromatic N) is 2. The molecule has 1 aliphatic heterocycles. The number of anilines is 1. The van der Waals surface area contributed by atoms with Gasteiger partial charge in [0.1, 0.15) is 6.23 Å². The number of aliphatic hydroxyl groups is 2. The fraction of sp³-hybridized carbons (Fsp3) is 0.591. The molecule has 2 atom stereocenters. The summed E-state index contributed by atoms with van der Waals surface area (Å²) < 4.78 is 4.86. The second-order valence-electron chi connectivity index (χ2n) is 8.40. The summed E-state index contributed by atoms with van der Waals surface area (Å²) in [7, 11) is 1.41. The summed E-state index contributed by atoms with van der Waals surface area (Å²) in [5.74, 6) is -1.06. The highest BCUT2D eigenvalue weighted by molar-refractivity contribution is 6.34. The van der Waals surface area contributed by atoms with Crippen LogP contribution in [0.2, 0.25) is 5.02 Å². The molecule has 11 heteroatoms. The number of imide groups is 1. The molecule has 3 rings (SSSR count). The third-order valence-corrected chi connectivity index (χ3v) is 6.27. The molecule has 0 radical (unpaired) electrons. The van der Waals surface area contributed by atoms with E-state index in [1.165, 1.54) is 25.3 Å². The zero-order chi connectivity index (χ0) is 24.0. The van der Waals surface area contributed by atoms with Crippen molar-refractivity contribution >= 4 is 35.1 Å². The van der Waals surface area contributed by atoms with Crippen molar-refractivity contribution in [3.8, 4) is 0 Å². The van der Waals surface area contributed by atoms with Crippen LogP contribution in [0, 0.1) is 5.92 Å². The number of halogens is 1. The van der Waals surface area contributed by atoms with Gasteiger partial charge in [-0.1, -0.05) is 37.3 Å². The van der Waals surface area contributed by atoms with Crippen LogP contribution in [0.15, 0.2) is 18.2 Å². The number of nitrogens with one attached hydrogen (secondary N) is 2. The fourth-order valence-corrected chi connectivity index (χ4v) is 4.36. The molecule has 0 spiro atoms. The number of benzene rings is 1.